The van der Waals surface area contributed by atoms with Gasteiger partial charge in [-0.25, -0.2) is 0 Å². The normalized spacial score (nSPS) is 18.0. The van der Waals surface area contributed by atoms with Crippen molar-refractivity contribution in [2.24, 2.45) is 5.92 Å². The van der Waals surface area contributed by atoms with E-state index in [1.807, 2.05) is 0 Å². The molecule has 0 aromatic carbocycles. The molecule has 84 valence electrons. The highest BCUT2D eigenvalue weighted by molar-refractivity contribution is 5.98. The first-order valence-electron chi connectivity index (χ1n) is 5.54. The minimum atomic E-state index is -0.126. The van der Waals surface area contributed by atoms with Crippen LogP contribution in [0.5, 0.6) is 0 Å². The lowest BCUT2D eigenvalue weighted by Gasteiger charge is -2.18. The molecule has 0 aliphatic heterocycles. The summed E-state index contributed by atoms with van der Waals surface area (Å²) in [4.78, 5) is 24.3. The highest BCUT2D eigenvalue weighted by atomic mass is 16.2. The second-order valence-corrected chi connectivity index (χ2v) is 4.30. The minimum absolute atomic E-state index is 0.116. The lowest BCUT2D eigenvalue weighted by molar-refractivity contribution is -0.124. The van der Waals surface area contributed by atoms with Crippen LogP contribution in [0, 0.1) is 5.92 Å². The number of likely N-dealkylation sites (N-methyl/N-ethyl adjacent to an activating group) is 1. The van der Waals surface area contributed by atoms with Gasteiger partial charge < -0.3 is 4.90 Å². The number of ketones is 1. The van der Waals surface area contributed by atoms with Crippen LogP contribution in [0.2, 0.25) is 0 Å². The zero-order valence-electron chi connectivity index (χ0n) is 9.53. The standard InChI is InChI=1S/C12H19NO2/c1-13(2)12(15)9-8-11(14)10-6-4-3-5-7-10/h8-10H,3-7H2,1-2H3/b9-8+. The first-order valence-corrected chi connectivity index (χ1v) is 5.54. The van der Waals surface area contributed by atoms with Gasteiger partial charge in [-0.15, -0.1) is 0 Å². The average Bonchev–Trinajstić information content (AvgIpc) is 2.26. The van der Waals surface area contributed by atoms with Crippen molar-refractivity contribution in [3.8, 4) is 0 Å². The summed E-state index contributed by atoms with van der Waals surface area (Å²) in [6.07, 6.45) is 8.32. The quantitative estimate of drug-likeness (QED) is 0.664. The predicted octanol–water partition coefficient (Wildman–Crippen LogP) is 1.78. The van der Waals surface area contributed by atoms with Crippen LogP contribution in [-0.2, 0) is 9.59 Å². The zero-order chi connectivity index (χ0) is 11.3. The number of hydrogen-bond donors (Lipinski definition) is 0. The van der Waals surface area contributed by atoms with E-state index in [2.05, 4.69) is 0 Å². The Morgan fingerprint density at radius 2 is 1.67 bits per heavy atom. The van der Waals surface area contributed by atoms with Gasteiger partial charge in [0, 0.05) is 26.1 Å². The number of carbonyl (C=O) groups is 2. The molecule has 0 saturated heterocycles. The van der Waals surface area contributed by atoms with E-state index in [1.165, 1.54) is 23.5 Å². The molecule has 0 aromatic heterocycles. The van der Waals surface area contributed by atoms with E-state index in [-0.39, 0.29) is 17.6 Å². The van der Waals surface area contributed by atoms with Crippen LogP contribution >= 0.6 is 0 Å². The van der Waals surface area contributed by atoms with Crippen molar-refractivity contribution in [2.75, 3.05) is 14.1 Å². The van der Waals surface area contributed by atoms with E-state index < -0.39 is 0 Å². The summed E-state index contributed by atoms with van der Waals surface area (Å²) in [5.74, 6) is 0.147. The molecule has 0 unspecified atom stereocenters. The van der Waals surface area contributed by atoms with Gasteiger partial charge in [0.05, 0.1) is 0 Å². The van der Waals surface area contributed by atoms with Crippen LogP contribution in [-0.4, -0.2) is 30.7 Å². The highest BCUT2D eigenvalue weighted by Gasteiger charge is 2.18. The molecule has 1 saturated carbocycles. The molecule has 1 amide bonds. The molecule has 0 aromatic rings. The maximum Gasteiger partial charge on any atom is 0.246 e. The molecular formula is C12H19NO2. The molecule has 1 aliphatic carbocycles. The molecule has 15 heavy (non-hydrogen) atoms. The first-order chi connectivity index (χ1) is 7.11. The van der Waals surface area contributed by atoms with Gasteiger partial charge in [-0.2, -0.15) is 0 Å². The second-order valence-electron chi connectivity index (χ2n) is 4.30. The van der Waals surface area contributed by atoms with E-state index in [4.69, 9.17) is 0 Å². The Kier molecular flexibility index (Phi) is 4.53. The summed E-state index contributed by atoms with van der Waals surface area (Å²) in [6.45, 7) is 0. The minimum Gasteiger partial charge on any atom is -0.345 e. The van der Waals surface area contributed by atoms with Gasteiger partial charge in [-0.3, -0.25) is 9.59 Å². The lowest BCUT2D eigenvalue weighted by atomic mass is 9.86. The number of nitrogens with zero attached hydrogens (tertiary/aromatic N) is 1. The molecule has 0 radical (unpaired) electrons. The van der Waals surface area contributed by atoms with E-state index in [1.54, 1.807) is 14.1 Å². The number of amides is 1. The zero-order valence-corrected chi connectivity index (χ0v) is 9.53. The maximum atomic E-state index is 11.7. The van der Waals surface area contributed by atoms with Gasteiger partial charge in [-0.1, -0.05) is 19.3 Å². The smallest absolute Gasteiger partial charge is 0.246 e. The summed E-state index contributed by atoms with van der Waals surface area (Å²) >= 11 is 0. The van der Waals surface area contributed by atoms with Gasteiger partial charge in [0.2, 0.25) is 5.91 Å². The third-order valence-corrected chi connectivity index (χ3v) is 2.84. The Labute approximate surface area is 91.1 Å². The third-order valence-electron chi connectivity index (χ3n) is 2.84. The molecule has 1 rings (SSSR count). The number of rotatable bonds is 3. The fraction of sp³-hybridized carbons (Fsp3) is 0.667. The Balaban J connectivity index is 2.43. The van der Waals surface area contributed by atoms with Crippen LogP contribution in [0.1, 0.15) is 32.1 Å². The van der Waals surface area contributed by atoms with Gasteiger partial charge >= 0.3 is 0 Å². The number of hydrogen-bond acceptors (Lipinski definition) is 2. The highest BCUT2D eigenvalue weighted by Crippen LogP contribution is 2.24. The molecule has 3 heteroatoms. The molecule has 3 nitrogen and oxygen atoms in total. The summed E-state index contributed by atoms with van der Waals surface area (Å²) in [7, 11) is 3.36. The van der Waals surface area contributed by atoms with Crippen LogP contribution in [0.4, 0.5) is 0 Å². The summed E-state index contributed by atoms with van der Waals surface area (Å²) in [5.41, 5.74) is 0. The van der Waals surface area contributed by atoms with Crippen molar-refractivity contribution >= 4 is 11.7 Å². The number of allylic oxidation sites excluding steroid dienone is 1. The fourth-order valence-electron chi connectivity index (χ4n) is 1.83. The summed E-state index contributed by atoms with van der Waals surface area (Å²) in [5, 5.41) is 0. The largest absolute Gasteiger partial charge is 0.345 e. The molecule has 0 spiro atoms. The SMILES string of the molecule is CN(C)C(=O)/C=C/C(=O)C1CCCCC1. The van der Waals surface area contributed by atoms with Crippen LogP contribution in [0.15, 0.2) is 12.2 Å². The molecule has 0 atom stereocenters. The maximum absolute atomic E-state index is 11.7. The topological polar surface area (TPSA) is 37.4 Å². The molecular weight excluding hydrogens is 190 g/mol. The average molecular weight is 209 g/mol. The first kappa shape index (κ1) is 12.0. The monoisotopic (exact) mass is 209 g/mol. The van der Waals surface area contributed by atoms with Crippen molar-refractivity contribution in [1.82, 2.24) is 4.90 Å². The number of carbonyl (C=O) groups excluding carboxylic acids is 2. The molecule has 0 N–H and O–H groups in total. The van der Waals surface area contributed by atoms with Crippen molar-refractivity contribution in [2.45, 2.75) is 32.1 Å². The van der Waals surface area contributed by atoms with Crippen LogP contribution < -0.4 is 0 Å². The Morgan fingerprint density at radius 1 is 1.07 bits per heavy atom. The van der Waals surface area contributed by atoms with Crippen LogP contribution in [0.25, 0.3) is 0 Å². The molecule has 1 aliphatic rings. The van der Waals surface area contributed by atoms with E-state index >= 15 is 0 Å². The van der Waals surface area contributed by atoms with Gasteiger partial charge in [0.25, 0.3) is 0 Å². The van der Waals surface area contributed by atoms with Crippen molar-refractivity contribution in [3.63, 3.8) is 0 Å². The van der Waals surface area contributed by atoms with Gasteiger partial charge in [0.15, 0.2) is 5.78 Å². The van der Waals surface area contributed by atoms with Crippen molar-refractivity contribution in [1.29, 1.82) is 0 Å². The van der Waals surface area contributed by atoms with Gasteiger partial charge in [0.1, 0.15) is 0 Å². The van der Waals surface area contributed by atoms with Crippen LogP contribution in [0.3, 0.4) is 0 Å². The lowest BCUT2D eigenvalue weighted by Crippen LogP contribution is -2.20. The molecule has 0 heterocycles. The molecule has 1 fully saturated rings. The Bertz CT molecular complexity index is 263. The Hall–Kier alpha value is -1.12. The van der Waals surface area contributed by atoms with Crippen molar-refractivity contribution in [3.05, 3.63) is 12.2 Å². The summed E-state index contributed by atoms with van der Waals surface area (Å²) in [6, 6.07) is 0. The van der Waals surface area contributed by atoms with E-state index in [0.29, 0.717) is 0 Å². The van der Waals surface area contributed by atoms with Gasteiger partial charge in [-0.05, 0) is 18.9 Å². The van der Waals surface area contributed by atoms with E-state index in [0.717, 1.165) is 25.7 Å². The predicted molar refractivity (Wildman–Crippen MR) is 59.4 cm³/mol. The second kappa shape index (κ2) is 5.69. The van der Waals surface area contributed by atoms with Crippen molar-refractivity contribution < 1.29 is 9.59 Å². The third kappa shape index (κ3) is 3.86. The fourth-order valence-corrected chi connectivity index (χ4v) is 1.83. The molecule has 0 bridgehead atoms. The van der Waals surface area contributed by atoms with E-state index in [9.17, 15) is 9.59 Å². The Morgan fingerprint density at radius 3 is 2.20 bits per heavy atom. The summed E-state index contributed by atoms with van der Waals surface area (Å²) < 4.78 is 0.